The molecule has 3 heteroatoms. The van der Waals surface area contributed by atoms with Crippen LogP contribution in [0.15, 0.2) is 24.5 Å². The molecule has 1 heterocycles. The van der Waals surface area contributed by atoms with E-state index in [1.807, 2.05) is 12.4 Å². The highest BCUT2D eigenvalue weighted by atomic mass is 16.5. The van der Waals surface area contributed by atoms with Gasteiger partial charge in [0, 0.05) is 19.0 Å². The lowest BCUT2D eigenvalue weighted by Crippen LogP contribution is -2.25. The smallest absolute Gasteiger partial charge is 0.0615 e. The minimum atomic E-state index is 0.414. The first kappa shape index (κ1) is 12.5. The Labute approximate surface area is 103 Å². The van der Waals surface area contributed by atoms with Crippen molar-refractivity contribution in [2.24, 2.45) is 11.7 Å². The fraction of sp³-hybridized carbons (Fsp3) is 0.643. The van der Waals surface area contributed by atoms with Crippen molar-refractivity contribution in [3.8, 4) is 0 Å². The van der Waals surface area contributed by atoms with Gasteiger partial charge < -0.3 is 10.5 Å². The molecule has 1 fully saturated rings. The van der Waals surface area contributed by atoms with Crippen LogP contribution in [0.2, 0.25) is 0 Å². The Hall–Kier alpha value is -0.930. The summed E-state index contributed by atoms with van der Waals surface area (Å²) in [5, 5.41) is 0. The third kappa shape index (κ3) is 3.79. The number of pyridine rings is 1. The third-order valence-corrected chi connectivity index (χ3v) is 3.58. The van der Waals surface area contributed by atoms with Crippen molar-refractivity contribution in [3.63, 3.8) is 0 Å². The minimum Gasteiger partial charge on any atom is -0.378 e. The summed E-state index contributed by atoms with van der Waals surface area (Å²) in [4.78, 5) is 4.01. The standard InChI is InChI=1S/C14H22N2O/c15-11-13-4-1-5-14(13)17-10-2-3-12-6-8-16-9-7-12/h6-9,13-14H,1-5,10-11,15H2. The molecule has 2 N–H and O–H groups in total. The number of hydrogen-bond donors (Lipinski definition) is 1. The fourth-order valence-electron chi connectivity index (χ4n) is 2.55. The average Bonchev–Trinajstić information content (AvgIpc) is 2.83. The van der Waals surface area contributed by atoms with E-state index >= 15 is 0 Å². The summed E-state index contributed by atoms with van der Waals surface area (Å²) in [5.41, 5.74) is 7.07. The molecule has 0 aliphatic heterocycles. The van der Waals surface area contributed by atoms with Crippen molar-refractivity contribution >= 4 is 0 Å². The van der Waals surface area contributed by atoms with Crippen LogP contribution in [-0.4, -0.2) is 24.2 Å². The second kappa shape index (κ2) is 6.72. The van der Waals surface area contributed by atoms with Gasteiger partial charge in [0.25, 0.3) is 0 Å². The van der Waals surface area contributed by atoms with Gasteiger partial charge in [0.2, 0.25) is 0 Å². The summed E-state index contributed by atoms with van der Waals surface area (Å²) in [6.45, 7) is 1.62. The number of aromatic nitrogens is 1. The third-order valence-electron chi connectivity index (χ3n) is 3.58. The summed E-state index contributed by atoms with van der Waals surface area (Å²) < 4.78 is 5.93. The predicted octanol–water partition coefficient (Wildman–Crippen LogP) is 2.16. The Morgan fingerprint density at radius 1 is 1.29 bits per heavy atom. The fourth-order valence-corrected chi connectivity index (χ4v) is 2.55. The van der Waals surface area contributed by atoms with Crippen LogP contribution >= 0.6 is 0 Å². The molecule has 2 rings (SSSR count). The van der Waals surface area contributed by atoms with E-state index in [4.69, 9.17) is 10.5 Å². The zero-order chi connectivity index (χ0) is 11.9. The number of ether oxygens (including phenoxy) is 1. The van der Waals surface area contributed by atoms with Crippen molar-refractivity contribution in [2.75, 3.05) is 13.2 Å². The predicted molar refractivity (Wildman–Crippen MR) is 68.7 cm³/mol. The molecule has 1 saturated carbocycles. The summed E-state index contributed by atoms with van der Waals surface area (Å²) in [5.74, 6) is 0.593. The Bertz CT molecular complexity index is 315. The number of nitrogens with two attached hydrogens (primary N) is 1. The summed E-state index contributed by atoms with van der Waals surface area (Å²) in [6, 6.07) is 4.14. The van der Waals surface area contributed by atoms with Crippen LogP contribution in [0.25, 0.3) is 0 Å². The summed E-state index contributed by atoms with van der Waals surface area (Å²) in [7, 11) is 0. The first-order chi connectivity index (χ1) is 8.40. The van der Waals surface area contributed by atoms with E-state index in [1.165, 1.54) is 24.8 Å². The van der Waals surface area contributed by atoms with Crippen molar-refractivity contribution < 1.29 is 4.74 Å². The van der Waals surface area contributed by atoms with Gasteiger partial charge in [-0.3, -0.25) is 4.98 Å². The molecule has 0 aromatic carbocycles. The second-order valence-electron chi connectivity index (χ2n) is 4.79. The van der Waals surface area contributed by atoms with Crippen LogP contribution in [0.3, 0.4) is 0 Å². The lowest BCUT2D eigenvalue weighted by molar-refractivity contribution is 0.0289. The Morgan fingerprint density at radius 2 is 2.12 bits per heavy atom. The molecule has 0 saturated heterocycles. The molecule has 1 aliphatic carbocycles. The van der Waals surface area contributed by atoms with Crippen molar-refractivity contribution in [1.82, 2.24) is 4.98 Å². The second-order valence-corrected chi connectivity index (χ2v) is 4.79. The molecule has 2 unspecified atom stereocenters. The first-order valence-corrected chi connectivity index (χ1v) is 6.60. The SMILES string of the molecule is NCC1CCCC1OCCCc1ccncc1. The molecule has 0 radical (unpaired) electrons. The van der Waals surface area contributed by atoms with Gasteiger partial charge in [0.15, 0.2) is 0 Å². The maximum absolute atomic E-state index is 5.93. The maximum Gasteiger partial charge on any atom is 0.0615 e. The molecule has 1 aliphatic rings. The number of nitrogens with zero attached hydrogens (tertiary/aromatic N) is 1. The van der Waals surface area contributed by atoms with Crippen LogP contribution in [0.5, 0.6) is 0 Å². The van der Waals surface area contributed by atoms with Gasteiger partial charge in [-0.1, -0.05) is 6.42 Å². The largest absolute Gasteiger partial charge is 0.378 e. The molecule has 17 heavy (non-hydrogen) atoms. The van der Waals surface area contributed by atoms with E-state index in [-0.39, 0.29) is 0 Å². The van der Waals surface area contributed by atoms with Crippen LogP contribution in [0.1, 0.15) is 31.2 Å². The molecule has 3 nitrogen and oxygen atoms in total. The minimum absolute atomic E-state index is 0.414. The quantitative estimate of drug-likeness (QED) is 0.767. The van der Waals surface area contributed by atoms with Gasteiger partial charge in [0.05, 0.1) is 6.10 Å². The molecule has 0 bridgehead atoms. The van der Waals surface area contributed by atoms with Crippen LogP contribution in [-0.2, 0) is 11.2 Å². The first-order valence-electron chi connectivity index (χ1n) is 6.60. The zero-order valence-corrected chi connectivity index (χ0v) is 10.3. The van der Waals surface area contributed by atoms with Crippen LogP contribution in [0.4, 0.5) is 0 Å². The highest BCUT2D eigenvalue weighted by Crippen LogP contribution is 2.27. The Balaban J connectivity index is 1.63. The van der Waals surface area contributed by atoms with Gasteiger partial charge in [-0.05, 0) is 55.8 Å². The van der Waals surface area contributed by atoms with Gasteiger partial charge >= 0.3 is 0 Å². The van der Waals surface area contributed by atoms with E-state index in [0.717, 1.165) is 26.0 Å². The van der Waals surface area contributed by atoms with Gasteiger partial charge in [-0.2, -0.15) is 0 Å². The number of aryl methyl sites for hydroxylation is 1. The van der Waals surface area contributed by atoms with E-state index < -0.39 is 0 Å². The van der Waals surface area contributed by atoms with Gasteiger partial charge in [-0.15, -0.1) is 0 Å². The van der Waals surface area contributed by atoms with E-state index in [9.17, 15) is 0 Å². The normalized spacial score (nSPS) is 24.1. The highest BCUT2D eigenvalue weighted by Gasteiger charge is 2.26. The maximum atomic E-state index is 5.93. The number of rotatable bonds is 6. The Kier molecular flexibility index (Phi) is 4.95. The van der Waals surface area contributed by atoms with E-state index in [2.05, 4.69) is 17.1 Å². The lowest BCUT2D eigenvalue weighted by atomic mass is 10.1. The lowest BCUT2D eigenvalue weighted by Gasteiger charge is -2.18. The molecule has 1 aromatic rings. The molecule has 1 aromatic heterocycles. The number of hydrogen-bond acceptors (Lipinski definition) is 3. The Morgan fingerprint density at radius 3 is 2.88 bits per heavy atom. The molecular weight excluding hydrogens is 212 g/mol. The van der Waals surface area contributed by atoms with Crippen molar-refractivity contribution in [2.45, 2.75) is 38.2 Å². The van der Waals surface area contributed by atoms with Crippen molar-refractivity contribution in [3.05, 3.63) is 30.1 Å². The van der Waals surface area contributed by atoms with Crippen LogP contribution < -0.4 is 5.73 Å². The molecule has 0 amide bonds. The van der Waals surface area contributed by atoms with Crippen molar-refractivity contribution in [1.29, 1.82) is 0 Å². The topological polar surface area (TPSA) is 48.1 Å². The summed E-state index contributed by atoms with van der Waals surface area (Å²) >= 11 is 0. The van der Waals surface area contributed by atoms with Gasteiger partial charge in [0.1, 0.15) is 0 Å². The van der Waals surface area contributed by atoms with E-state index in [1.54, 1.807) is 0 Å². The molecular formula is C14H22N2O. The van der Waals surface area contributed by atoms with Crippen LogP contribution in [0, 0.1) is 5.92 Å². The summed E-state index contributed by atoms with van der Waals surface area (Å²) in [6.07, 6.45) is 9.96. The van der Waals surface area contributed by atoms with Gasteiger partial charge in [-0.25, -0.2) is 0 Å². The average molecular weight is 234 g/mol. The molecule has 94 valence electrons. The molecule has 2 atom stereocenters. The highest BCUT2D eigenvalue weighted by molar-refractivity contribution is 5.09. The zero-order valence-electron chi connectivity index (χ0n) is 10.3. The monoisotopic (exact) mass is 234 g/mol. The molecule has 0 spiro atoms. The van der Waals surface area contributed by atoms with E-state index in [0.29, 0.717) is 12.0 Å².